The summed E-state index contributed by atoms with van der Waals surface area (Å²) in [6.07, 6.45) is 9.04. The van der Waals surface area contributed by atoms with E-state index in [1.807, 2.05) is 4.57 Å². The fraction of sp³-hybridized carbons (Fsp3) is 0.625. The van der Waals surface area contributed by atoms with Crippen LogP contribution < -0.4 is 21.1 Å². The van der Waals surface area contributed by atoms with Crippen LogP contribution in [0, 0.1) is 6.92 Å². The molecule has 2 N–H and O–H groups in total. The van der Waals surface area contributed by atoms with E-state index in [1.165, 1.54) is 18.4 Å². The number of rotatable bonds is 8. The lowest BCUT2D eigenvalue weighted by atomic mass is 10.1. The van der Waals surface area contributed by atoms with Crippen molar-refractivity contribution in [1.82, 2.24) is 25.0 Å². The molecule has 2 aliphatic rings. The normalized spacial score (nSPS) is 16.8. The monoisotopic (exact) mass is 440 g/mol. The molecule has 4 rings (SSSR count). The van der Waals surface area contributed by atoms with Crippen LogP contribution in [-0.4, -0.2) is 40.0 Å². The zero-order valence-electron chi connectivity index (χ0n) is 19.4. The van der Waals surface area contributed by atoms with Gasteiger partial charge in [0.15, 0.2) is 5.96 Å². The molecule has 174 valence electrons. The molecule has 8 heteroatoms. The van der Waals surface area contributed by atoms with E-state index >= 15 is 0 Å². The van der Waals surface area contributed by atoms with Gasteiger partial charge < -0.3 is 15.4 Å². The molecule has 0 unspecified atom stereocenters. The van der Waals surface area contributed by atoms with Gasteiger partial charge in [0.1, 0.15) is 11.6 Å². The Balaban J connectivity index is 1.26. The van der Waals surface area contributed by atoms with Crippen LogP contribution in [0.15, 0.2) is 28.0 Å². The molecule has 1 aliphatic heterocycles. The Morgan fingerprint density at radius 2 is 2.06 bits per heavy atom. The van der Waals surface area contributed by atoms with E-state index in [2.05, 4.69) is 45.8 Å². The second-order valence-corrected chi connectivity index (χ2v) is 8.87. The molecule has 1 aliphatic carbocycles. The lowest BCUT2D eigenvalue weighted by molar-refractivity contribution is 0.207. The number of aliphatic imine (C=N–C) groups is 1. The van der Waals surface area contributed by atoms with Gasteiger partial charge in [0, 0.05) is 45.2 Å². The summed E-state index contributed by atoms with van der Waals surface area (Å²) in [5.74, 6) is 2.65. The zero-order valence-corrected chi connectivity index (χ0v) is 19.4. The summed E-state index contributed by atoms with van der Waals surface area (Å²) >= 11 is 0. The van der Waals surface area contributed by atoms with Gasteiger partial charge in [0.05, 0.1) is 6.10 Å². The van der Waals surface area contributed by atoms with Gasteiger partial charge in [-0.1, -0.05) is 12.1 Å². The average molecular weight is 441 g/mol. The molecule has 8 nitrogen and oxygen atoms in total. The van der Waals surface area contributed by atoms with Gasteiger partial charge >= 0.3 is 5.69 Å². The number of nitrogens with zero attached hydrogens (tertiary/aromatic N) is 4. The fourth-order valence-corrected chi connectivity index (χ4v) is 4.53. The summed E-state index contributed by atoms with van der Waals surface area (Å²) in [4.78, 5) is 16.8. The number of nitrogens with one attached hydrogen (secondary N) is 2. The van der Waals surface area contributed by atoms with Crippen molar-refractivity contribution in [3.05, 3.63) is 45.6 Å². The Kier molecular flexibility index (Phi) is 7.50. The number of aromatic nitrogens is 3. The van der Waals surface area contributed by atoms with E-state index < -0.39 is 0 Å². The Hall–Kier alpha value is -2.77. The summed E-state index contributed by atoms with van der Waals surface area (Å²) in [6, 6.07) is 6.39. The third kappa shape index (κ3) is 5.53. The van der Waals surface area contributed by atoms with Crippen molar-refractivity contribution >= 4 is 5.96 Å². The number of benzene rings is 1. The maximum atomic E-state index is 12.4. The summed E-state index contributed by atoms with van der Waals surface area (Å²) in [6.45, 7) is 4.87. The molecule has 0 bridgehead atoms. The number of aryl methyl sites for hydroxylation is 3. The second-order valence-electron chi connectivity index (χ2n) is 8.87. The van der Waals surface area contributed by atoms with Gasteiger partial charge in [0.25, 0.3) is 0 Å². The fourth-order valence-electron chi connectivity index (χ4n) is 4.53. The summed E-state index contributed by atoms with van der Waals surface area (Å²) in [7, 11) is 1.77. The number of hydrogen-bond acceptors (Lipinski definition) is 4. The Morgan fingerprint density at radius 3 is 2.84 bits per heavy atom. The molecule has 0 radical (unpaired) electrons. The highest BCUT2D eigenvalue weighted by Gasteiger charge is 2.18. The first kappa shape index (κ1) is 22.4. The van der Waals surface area contributed by atoms with Crippen LogP contribution in [0.5, 0.6) is 5.75 Å². The van der Waals surface area contributed by atoms with E-state index in [0.717, 1.165) is 68.2 Å². The van der Waals surface area contributed by atoms with Crippen LogP contribution in [0.1, 0.15) is 61.9 Å². The van der Waals surface area contributed by atoms with E-state index in [9.17, 15) is 4.79 Å². The standard InChI is InChI=1S/C24H36N6O2/c1-18-11-12-19(21(16-18)32-20-8-3-4-9-20)17-27-23(25-2)26-13-7-15-30-24(31)29-14-6-5-10-22(29)28-30/h11-12,16,20H,3-10,13-15,17H2,1-2H3,(H2,25,26,27). The first-order valence-corrected chi connectivity index (χ1v) is 12.0. The predicted molar refractivity (Wildman–Crippen MR) is 126 cm³/mol. The largest absolute Gasteiger partial charge is 0.490 e. The molecule has 0 spiro atoms. The Morgan fingerprint density at radius 1 is 1.22 bits per heavy atom. The molecular weight excluding hydrogens is 404 g/mol. The second kappa shape index (κ2) is 10.7. The average Bonchev–Trinajstić information content (AvgIpc) is 3.42. The van der Waals surface area contributed by atoms with Crippen LogP contribution in [-0.2, 0) is 26.1 Å². The highest BCUT2D eigenvalue weighted by Crippen LogP contribution is 2.27. The van der Waals surface area contributed by atoms with Gasteiger partial charge in [-0.2, -0.15) is 5.10 Å². The molecule has 2 aromatic rings. The maximum Gasteiger partial charge on any atom is 0.345 e. The van der Waals surface area contributed by atoms with Crippen molar-refractivity contribution < 1.29 is 4.74 Å². The van der Waals surface area contributed by atoms with Crippen molar-refractivity contribution in [2.45, 2.75) is 84.0 Å². The number of guanidine groups is 1. The molecule has 1 aromatic heterocycles. The molecule has 0 amide bonds. The van der Waals surface area contributed by atoms with Crippen LogP contribution in [0.2, 0.25) is 0 Å². The number of fused-ring (bicyclic) bond motifs is 1. The SMILES string of the molecule is CN=C(NCCCn1nc2n(c1=O)CCCC2)NCc1ccc(C)cc1OC1CCCC1. The summed E-state index contributed by atoms with van der Waals surface area (Å²) in [5.41, 5.74) is 2.37. The molecular formula is C24H36N6O2. The Labute approximate surface area is 190 Å². The molecule has 1 saturated carbocycles. The first-order valence-electron chi connectivity index (χ1n) is 12.0. The minimum absolute atomic E-state index is 0.0244. The molecule has 32 heavy (non-hydrogen) atoms. The molecule has 0 saturated heterocycles. The van der Waals surface area contributed by atoms with Crippen molar-refractivity contribution in [1.29, 1.82) is 0 Å². The van der Waals surface area contributed by atoms with E-state index in [0.29, 0.717) is 25.7 Å². The van der Waals surface area contributed by atoms with Gasteiger partial charge in [-0.25, -0.2) is 9.48 Å². The minimum atomic E-state index is 0.0244. The van der Waals surface area contributed by atoms with Crippen molar-refractivity contribution in [2.24, 2.45) is 4.99 Å². The predicted octanol–water partition coefficient (Wildman–Crippen LogP) is 2.77. The lowest BCUT2D eigenvalue weighted by Crippen LogP contribution is -2.38. The maximum absolute atomic E-state index is 12.4. The highest BCUT2D eigenvalue weighted by molar-refractivity contribution is 5.79. The molecule has 1 fully saturated rings. The van der Waals surface area contributed by atoms with Crippen LogP contribution in [0.25, 0.3) is 0 Å². The Bertz CT molecular complexity index is 987. The smallest absolute Gasteiger partial charge is 0.345 e. The molecule has 1 aromatic carbocycles. The van der Waals surface area contributed by atoms with Gasteiger partial charge in [-0.3, -0.25) is 9.56 Å². The summed E-state index contributed by atoms with van der Waals surface area (Å²) < 4.78 is 9.74. The minimum Gasteiger partial charge on any atom is -0.490 e. The van der Waals surface area contributed by atoms with Crippen molar-refractivity contribution in [3.63, 3.8) is 0 Å². The number of hydrogen-bond donors (Lipinski definition) is 2. The van der Waals surface area contributed by atoms with Crippen molar-refractivity contribution in [2.75, 3.05) is 13.6 Å². The van der Waals surface area contributed by atoms with E-state index in [4.69, 9.17) is 4.74 Å². The molecule has 2 heterocycles. The van der Waals surface area contributed by atoms with Crippen molar-refractivity contribution in [3.8, 4) is 5.75 Å². The quantitative estimate of drug-likeness (QED) is 0.375. The first-order chi connectivity index (χ1) is 15.6. The zero-order chi connectivity index (χ0) is 22.3. The van der Waals surface area contributed by atoms with Crippen LogP contribution >= 0.6 is 0 Å². The van der Waals surface area contributed by atoms with E-state index in [1.54, 1.807) is 11.7 Å². The number of ether oxygens (including phenoxy) is 1. The molecule has 0 atom stereocenters. The lowest BCUT2D eigenvalue weighted by Gasteiger charge is -2.18. The van der Waals surface area contributed by atoms with Gasteiger partial charge in [-0.05, 0) is 63.5 Å². The third-order valence-corrected chi connectivity index (χ3v) is 6.36. The van der Waals surface area contributed by atoms with E-state index in [-0.39, 0.29) is 5.69 Å². The van der Waals surface area contributed by atoms with Crippen LogP contribution in [0.3, 0.4) is 0 Å². The van der Waals surface area contributed by atoms with Gasteiger partial charge in [-0.15, -0.1) is 0 Å². The third-order valence-electron chi connectivity index (χ3n) is 6.36. The van der Waals surface area contributed by atoms with Gasteiger partial charge in [0.2, 0.25) is 0 Å². The highest BCUT2D eigenvalue weighted by atomic mass is 16.5. The summed E-state index contributed by atoms with van der Waals surface area (Å²) in [5, 5.41) is 11.2. The topological polar surface area (TPSA) is 85.5 Å². The van der Waals surface area contributed by atoms with Crippen LogP contribution in [0.4, 0.5) is 0 Å².